The zero-order chi connectivity index (χ0) is 10.1. The van der Waals surface area contributed by atoms with Gasteiger partial charge < -0.3 is 5.11 Å². The van der Waals surface area contributed by atoms with Crippen molar-refractivity contribution in [2.24, 2.45) is 0 Å². The van der Waals surface area contributed by atoms with Crippen LogP contribution in [0.2, 0.25) is 0 Å². The van der Waals surface area contributed by atoms with E-state index in [9.17, 15) is 4.79 Å². The van der Waals surface area contributed by atoms with Crippen LogP contribution in [0, 0.1) is 6.92 Å². The van der Waals surface area contributed by atoms with Gasteiger partial charge in [-0.05, 0) is 13.0 Å². The third kappa shape index (κ3) is 1.32. The monoisotopic (exact) mass is 191 g/mol. The van der Waals surface area contributed by atoms with Crippen molar-refractivity contribution in [2.75, 3.05) is 0 Å². The summed E-state index contributed by atoms with van der Waals surface area (Å²) in [5.74, 6) is -0.319. The van der Waals surface area contributed by atoms with Crippen molar-refractivity contribution < 1.29 is 9.90 Å². The summed E-state index contributed by atoms with van der Waals surface area (Å²) in [6, 6.07) is 1.75. The van der Waals surface area contributed by atoms with Gasteiger partial charge in [0, 0.05) is 12.4 Å². The van der Waals surface area contributed by atoms with Crippen molar-refractivity contribution in [1.29, 1.82) is 0 Å². The lowest BCUT2D eigenvalue weighted by atomic mass is 10.2. The summed E-state index contributed by atoms with van der Waals surface area (Å²) in [5.41, 5.74) is 1.40. The fraction of sp³-hybridized carbons (Fsp3) is 0.222. The molecule has 5 heteroatoms. The van der Waals surface area contributed by atoms with E-state index in [-0.39, 0.29) is 6.42 Å². The van der Waals surface area contributed by atoms with Crippen LogP contribution >= 0.6 is 0 Å². The molecule has 0 radical (unpaired) electrons. The topological polar surface area (TPSA) is 67.5 Å². The minimum Gasteiger partial charge on any atom is -0.481 e. The number of hydrogen-bond acceptors (Lipinski definition) is 3. The van der Waals surface area contributed by atoms with Crippen molar-refractivity contribution in [3.05, 3.63) is 29.8 Å². The molecule has 0 amide bonds. The molecule has 0 atom stereocenters. The second kappa shape index (κ2) is 3.10. The summed E-state index contributed by atoms with van der Waals surface area (Å²) in [4.78, 5) is 18.8. The number of hydrogen-bond donors (Lipinski definition) is 1. The van der Waals surface area contributed by atoms with Crippen LogP contribution in [0.4, 0.5) is 0 Å². The molecule has 0 aromatic carbocycles. The largest absolute Gasteiger partial charge is 0.481 e. The van der Waals surface area contributed by atoms with E-state index < -0.39 is 5.97 Å². The molecule has 2 heterocycles. The molecule has 1 N–H and O–H groups in total. The second-order valence-corrected chi connectivity index (χ2v) is 3.00. The lowest BCUT2D eigenvalue weighted by Crippen LogP contribution is -2.04. The van der Waals surface area contributed by atoms with Crippen LogP contribution in [0.15, 0.2) is 18.5 Å². The number of aromatic nitrogens is 3. The van der Waals surface area contributed by atoms with Gasteiger partial charge in [-0.3, -0.25) is 9.20 Å². The van der Waals surface area contributed by atoms with E-state index in [2.05, 4.69) is 9.97 Å². The molecule has 0 fully saturated rings. The Bertz CT molecular complexity index is 490. The van der Waals surface area contributed by atoms with E-state index in [1.165, 1.54) is 0 Å². The summed E-state index contributed by atoms with van der Waals surface area (Å²) < 4.78 is 1.70. The van der Waals surface area contributed by atoms with E-state index in [4.69, 9.17) is 5.11 Å². The summed E-state index contributed by atoms with van der Waals surface area (Å²) in [6.45, 7) is 1.78. The zero-order valence-corrected chi connectivity index (χ0v) is 7.64. The fourth-order valence-electron chi connectivity index (χ4n) is 1.40. The van der Waals surface area contributed by atoms with Gasteiger partial charge in [-0.2, -0.15) is 0 Å². The predicted molar refractivity (Wildman–Crippen MR) is 49.1 cm³/mol. The lowest BCUT2D eigenvalue weighted by Gasteiger charge is -1.97. The van der Waals surface area contributed by atoms with Gasteiger partial charge in [0.2, 0.25) is 5.78 Å². The summed E-state index contributed by atoms with van der Waals surface area (Å²) in [7, 11) is 0. The van der Waals surface area contributed by atoms with Crippen LogP contribution in [-0.2, 0) is 11.2 Å². The highest BCUT2D eigenvalue weighted by Gasteiger charge is 2.11. The second-order valence-electron chi connectivity index (χ2n) is 3.00. The maximum absolute atomic E-state index is 10.6. The van der Waals surface area contributed by atoms with Gasteiger partial charge in [0.1, 0.15) is 0 Å². The van der Waals surface area contributed by atoms with E-state index in [0.29, 0.717) is 17.2 Å². The average molecular weight is 191 g/mol. The average Bonchev–Trinajstić information content (AvgIpc) is 2.43. The van der Waals surface area contributed by atoms with Crippen LogP contribution in [0.5, 0.6) is 0 Å². The van der Waals surface area contributed by atoms with Crippen LogP contribution in [0.3, 0.4) is 0 Å². The third-order valence-electron chi connectivity index (χ3n) is 2.02. The Labute approximate surface area is 80.0 Å². The van der Waals surface area contributed by atoms with Crippen molar-refractivity contribution in [2.45, 2.75) is 13.3 Å². The number of fused-ring (bicyclic) bond motifs is 1. The summed E-state index contributed by atoms with van der Waals surface area (Å²) in [5, 5.41) is 8.71. The lowest BCUT2D eigenvalue weighted by molar-refractivity contribution is -0.136. The van der Waals surface area contributed by atoms with Crippen molar-refractivity contribution >= 4 is 11.7 Å². The highest BCUT2D eigenvalue weighted by molar-refractivity contribution is 5.70. The quantitative estimate of drug-likeness (QED) is 0.757. The van der Waals surface area contributed by atoms with Gasteiger partial charge >= 0.3 is 5.97 Å². The molecule has 0 aliphatic rings. The van der Waals surface area contributed by atoms with E-state index in [1.54, 1.807) is 29.8 Å². The smallest absolute Gasteiger partial charge is 0.309 e. The standard InChI is InChI=1S/C9H9N3O2/c1-6-7(5-8(13)14)12-4-2-3-10-9(12)11-6/h2-4H,5H2,1H3,(H,13,14). The van der Waals surface area contributed by atoms with Crippen LogP contribution in [-0.4, -0.2) is 25.4 Å². The SMILES string of the molecule is Cc1nc2ncccn2c1CC(=O)O. The molecular weight excluding hydrogens is 182 g/mol. The Balaban J connectivity index is 2.62. The number of carboxylic acids is 1. The van der Waals surface area contributed by atoms with Gasteiger partial charge in [-0.25, -0.2) is 9.97 Å². The number of nitrogens with zero attached hydrogens (tertiary/aromatic N) is 3. The molecule has 0 saturated carbocycles. The Morgan fingerprint density at radius 1 is 1.64 bits per heavy atom. The minimum atomic E-state index is -0.862. The van der Waals surface area contributed by atoms with Crippen molar-refractivity contribution in [1.82, 2.24) is 14.4 Å². The minimum absolute atomic E-state index is 0.0291. The van der Waals surface area contributed by atoms with Crippen LogP contribution < -0.4 is 0 Å². The first kappa shape index (κ1) is 8.68. The predicted octanol–water partition coefficient (Wildman–Crippen LogP) is 0.665. The number of aliphatic carboxylic acids is 1. The molecule has 14 heavy (non-hydrogen) atoms. The Hall–Kier alpha value is -1.91. The molecule has 0 saturated heterocycles. The van der Waals surface area contributed by atoms with Crippen LogP contribution in [0.25, 0.3) is 5.78 Å². The molecule has 0 aliphatic carbocycles. The molecule has 72 valence electrons. The number of imidazole rings is 1. The van der Waals surface area contributed by atoms with Gasteiger partial charge in [0.15, 0.2) is 0 Å². The maximum Gasteiger partial charge on any atom is 0.309 e. The maximum atomic E-state index is 10.6. The van der Waals surface area contributed by atoms with Gasteiger partial charge in [0.25, 0.3) is 0 Å². The van der Waals surface area contributed by atoms with Gasteiger partial charge in [-0.1, -0.05) is 0 Å². The number of carbonyl (C=O) groups is 1. The molecule has 0 bridgehead atoms. The Kier molecular flexibility index (Phi) is 1.92. The van der Waals surface area contributed by atoms with E-state index in [1.807, 2.05) is 0 Å². The third-order valence-corrected chi connectivity index (χ3v) is 2.02. The highest BCUT2D eigenvalue weighted by Crippen LogP contribution is 2.10. The Morgan fingerprint density at radius 3 is 3.14 bits per heavy atom. The first-order chi connectivity index (χ1) is 6.68. The number of aryl methyl sites for hydroxylation is 1. The number of carboxylic acid groups (broad SMARTS) is 1. The molecule has 0 spiro atoms. The molecule has 0 aliphatic heterocycles. The van der Waals surface area contributed by atoms with Crippen molar-refractivity contribution in [3.63, 3.8) is 0 Å². The van der Waals surface area contributed by atoms with E-state index in [0.717, 1.165) is 0 Å². The van der Waals surface area contributed by atoms with Crippen LogP contribution in [0.1, 0.15) is 11.4 Å². The summed E-state index contributed by atoms with van der Waals surface area (Å²) >= 11 is 0. The molecular formula is C9H9N3O2. The first-order valence-electron chi connectivity index (χ1n) is 4.19. The molecule has 5 nitrogen and oxygen atoms in total. The Morgan fingerprint density at radius 2 is 2.43 bits per heavy atom. The van der Waals surface area contributed by atoms with Gasteiger partial charge in [0.05, 0.1) is 17.8 Å². The normalized spacial score (nSPS) is 10.6. The van der Waals surface area contributed by atoms with Gasteiger partial charge in [-0.15, -0.1) is 0 Å². The molecule has 0 unspecified atom stereocenters. The zero-order valence-electron chi connectivity index (χ0n) is 7.64. The van der Waals surface area contributed by atoms with E-state index >= 15 is 0 Å². The fourth-order valence-corrected chi connectivity index (χ4v) is 1.40. The first-order valence-corrected chi connectivity index (χ1v) is 4.19. The molecule has 2 aromatic rings. The molecule has 2 rings (SSSR count). The molecule has 2 aromatic heterocycles. The number of rotatable bonds is 2. The van der Waals surface area contributed by atoms with Crippen molar-refractivity contribution in [3.8, 4) is 0 Å². The highest BCUT2D eigenvalue weighted by atomic mass is 16.4. The summed E-state index contributed by atoms with van der Waals surface area (Å²) in [6.07, 6.45) is 3.37.